The van der Waals surface area contributed by atoms with Gasteiger partial charge >= 0.3 is 0 Å². The SMILES string of the molecule is COc1ccc(-c2cc(C(=O)Nc3ccc(Cl)cc3Cl)c3ccccc3n2)cc1. The predicted octanol–water partition coefficient (Wildman–Crippen LogP) is 6.47. The number of para-hydroxylation sites is 1. The molecule has 0 saturated carbocycles. The van der Waals surface area contributed by atoms with E-state index in [-0.39, 0.29) is 5.91 Å². The number of hydrogen-bond donors (Lipinski definition) is 1. The molecule has 0 fully saturated rings. The Hall–Kier alpha value is -3.08. The van der Waals surface area contributed by atoms with Crippen LogP contribution in [0.3, 0.4) is 0 Å². The smallest absolute Gasteiger partial charge is 0.256 e. The molecule has 1 aromatic heterocycles. The van der Waals surface area contributed by atoms with E-state index in [1.54, 1.807) is 31.4 Å². The molecule has 0 saturated heterocycles. The van der Waals surface area contributed by atoms with Gasteiger partial charge in [0.15, 0.2) is 0 Å². The van der Waals surface area contributed by atoms with Crippen molar-refractivity contribution >= 4 is 45.7 Å². The molecule has 4 aromatic rings. The lowest BCUT2D eigenvalue weighted by Gasteiger charge is -2.12. The first kappa shape index (κ1) is 19.2. The van der Waals surface area contributed by atoms with E-state index in [2.05, 4.69) is 5.32 Å². The van der Waals surface area contributed by atoms with Gasteiger partial charge < -0.3 is 10.1 Å². The summed E-state index contributed by atoms with van der Waals surface area (Å²) in [5, 5.41) is 4.50. The molecule has 0 unspecified atom stereocenters. The second-order valence-electron chi connectivity index (χ2n) is 6.38. The number of fused-ring (bicyclic) bond motifs is 1. The summed E-state index contributed by atoms with van der Waals surface area (Å²) in [6.07, 6.45) is 0. The van der Waals surface area contributed by atoms with E-state index in [1.165, 1.54) is 0 Å². The van der Waals surface area contributed by atoms with Gasteiger partial charge in [-0.1, -0.05) is 41.4 Å². The van der Waals surface area contributed by atoms with Crippen LogP contribution in [0.4, 0.5) is 5.69 Å². The van der Waals surface area contributed by atoms with Gasteiger partial charge in [-0.2, -0.15) is 0 Å². The van der Waals surface area contributed by atoms with Gasteiger partial charge in [-0.3, -0.25) is 4.79 Å². The fraction of sp³-hybridized carbons (Fsp3) is 0.0435. The molecule has 0 radical (unpaired) electrons. The Labute approximate surface area is 178 Å². The molecule has 0 bridgehead atoms. The quantitative estimate of drug-likeness (QED) is 0.409. The fourth-order valence-electron chi connectivity index (χ4n) is 3.05. The number of carbonyl (C=O) groups excluding carboxylic acids is 1. The van der Waals surface area contributed by atoms with E-state index < -0.39 is 0 Å². The normalized spacial score (nSPS) is 10.7. The summed E-state index contributed by atoms with van der Waals surface area (Å²) >= 11 is 12.2. The lowest BCUT2D eigenvalue weighted by atomic mass is 10.0. The number of rotatable bonds is 4. The first-order valence-electron chi connectivity index (χ1n) is 8.86. The van der Waals surface area contributed by atoms with Crippen LogP contribution in [0.1, 0.15) is 10.4 Å². The maximum atomic E-state index is 13.1. The summed E-state index contributed by atoms with van der Waals surface area (Å²) in [4.78, 5) is 17.8. The number of anilines is 1. The Kier molecular flexibility index (Phi) is 5.38. The minimum Gasteiger partial charge on any atom is -0.497 e. The number of nitrogens with one attached hydrogen (secondary N) is 1. The first-order valence-corrected chi connectivity index (χ1v) is 9.61. The van der Waals surface area contributed by atoms with Crippen molar-refractivity contribution in [2.75, 3.05) is 12.4 Å². The zero-order chi connectivity index (χ0) is 20.4. The monoisotopic (exact) mass is 422 g/mol. The maximum absolute atomic E-state index is 13.1. The van der Waals surface area contributed by atoms with Gasteiger partial charge in [0.1, 0.15) is 5.75 Å². The van der Waals surface area contributed by atoms with Crippen molar-refractivity contribution in [1.82, 2.24) is 4.98 Å². The van der Waals surface area contributed by atoms with Crippen LogP contribution in [0.15, 0.2) is 72.8 Å². The minimum atomic E-state index is -0.275. The molecule has 0 atom stereocenters. The molecule has 6 heteroatoms. The number of halogens is 2. The van der Waals surface area contributed by atoms with Crippen LogP contribution in [0.25, 0.3) is 22.2 Å². The third-order valence-corrected chi connectivity index (χ3v) is 5.07. The van der Waals surface area contributed by atoms with Crippen LogP contribution in [-0.4, -0.2) is 18.0 Å². The summed E-state index contributed by atoms with van der Waals surface area (Å²) in [7, 11) is 1.62. The number of benzene rings is 3. The number of ether oxygens (including phenoxy) is 1. The average Bonchev–Trinajstić information content (AvgIpc) is 2.75. The number of methoxy groups -OCH3 is 1. The van der Waals surface area contributed by atoms with Gasteiger partial charge in [-0.15, -0.1) is 0 Å². The van der Waals surface area contributed by atoms with Crippen molar-refractivity contribution in [3.05, 3.63) is 88.4 Å². The molecular weight excluding hydrogens is 407 g/mol. The average molecular weight is 423 g/mol. The molecule has 1 heterocycles. The highest BCUT2D eigenvalue weighted by molar-refractivity contribution is 6.37. The number of carbonyl (C=O) groups is 1. The molecular formula is C23H16Cl2N2O2. The summed E-state index contributed by atoms with van der Waals surface area (Å²) in [5.74, 6) is 0.479. The highest BCUT2D eigenvalue weighted by Crippen LogP contribution is 2.29. The molecule has 0 aliphatic heterocycles. The molecule has 29 heavy (non-hydrogen) atoms. The van der Waals surface area contributed by atoms with Crippen molar-refractivity contribution in [1.29, 1.82) is 0 Å². The molecule has 1 amide bonds. The van der Waals surface area contributed by atoms with E-state index in [0.717, 1.165) is 22.2 Å². The van der Waals surface area contributed by atoms with Gasteiger partial charge in [-0.25, -0.2) is 4.98 Å². The molecule has 144 valence electrons. The van der Waals surface area contributed by atoms with Gasteiger partial charge in [0, 0.05) is 16.0 Å². The third-order valence-electron chi connectivity index (χ3n) is 4.53. The first-order chi connectivity index (χ1) is 14.0. The second kappa shape index (κ2) is 8.11. The maximum Gasteiger partial charge on any atom is 0.256 e. The molecule has 0 aliphatic carbocycles. The standard InChI is InChI=1S/C23H16Cl2N2O2/c1-29-16-9-6-14(7-10-16)22-13-18(17-4-2-3-5-20(17)26-22)23(28)27-21-11-8-15(24)12-19(21)25/h2-13H,1H3,(H,27,28). The zero-order valence-electron chi connectivity index (χ0n) is 15.4. The molecule has 0 aliphatic rings. The van der Waals surface area contributed by atoms with E-state index in [9.17, 15) is 4.79 Å². The van der Waals surface area contributed by atoms with Gasteiger partial charge in [-0.05, 0) is 54.6 Å². The van der Waals surface area contributed by atoms with Crippen LogP contribution < -0.4 is 10.1 Å². The van der Waals surface area contributed by atoms with Crippen LogP contribution in [0, 0.1) is 0 Å². The van der Waals surface area contributed by atoms with Crippen molar-refractivity contribution in [3.63, 3.8) is 0 Å². The Balaban J connectivity index is 1.78. The largest absolute Gasteiger partial charge is 0.497 e. The van der Waals surface area contributed by atoms with Gasteiger partial charge in [0.25, 0.3) is 5.91 Å². The lowest BCUT2D eigenvalue weighted by Crippen LogP contribution is -2.13. The minimum absolute atomic E-state index is 0.275. The lowest BCUT2D eigenvalue weighted by molar-refractivity contribution is 0.102. The highest BCUT2D eigenvalue weighted by Gasteiger charge is 2.15. The number of pyridine rings is 1. The third kappa shape index (κ3) is 4.04. The summed E-state index contributed by atoms with van der Waals surface area (Å²) in [6, 6.07) is 21.8. The number of nitrogens with zero attached hydrogens (tertiary/aromatic N) is 1. The second-order valence-corrected chi connectivity index (χ2v) is 7.22. The molecule has 4 nitrogen and oxygen atoms in total. The number of amides is 1. The number of hydrogen-bond acceptors (Lipinski definition) is 3. The van der Waals surface area contributed by atoms with Gasteiger partial charge in [0.2, 0.25) is 0 Å². The summed E-state index contributed by atoms with van der Waals surface area (Å²) in [5.41, 5.74) is 3.31. The fourth-order valence-corrected chi connectivity index (χ4v) is 3.51. The predicted molar refractivity (Wildman–Crippen MR) is 118 cm³/mol. The molecule has 3 aromatic carbocycles. The highest BCUT2D eigenvalue weighted by atomic mass is 35.5. The van der Waals surface area contributed by atoms with E-state index in [1.807, 2.05) is 48.5 Å². The van der Waals surface area contributed by atoms with Crippen molar-refractivity contribution in [2.24, 2.45) is 0 Å². The Morgan fingerprint density at radius 2 is 1.72 bits per heavy atom. The van der Waals surface area contributed by atoms with Crippen LogP contribution in [-0.2, 0) is 0 Å². The Bertz CT molecular complexity index is 1210. The molecule has 1 N–H and O–H groups in total. The van der Waals surface area contributed by atoms with Crippen LogP contribution in [0.2, 0.25) is 10.0 Å². The topological polar surface area (TPSA) is 51.2 Å². The van der Waals surface area contributed by atoms with E-state index in [0.29, 0.717) is 27.0 Å². The van der Waals surface area contributed by atoms with Crippen LogP contribution >= 0.6 is 23.2 Å². The molecule has 4 rings (SSSR count). The van der Waals surface area contributed by atoms with E-state index in [4.69, 9.17) is 32.9 Å². The van der Waals surface area contributed by atoms with E-state index >= 15 is 0 Å². The van der Waals surface area contributed by atoms with Crippen molar-refractivity contribution < 1.29 is 9.53 Å². The van der Waals surface area contributed by atoms with Crippen LogP contribution in [0.5, 0.6) is 5.75 Å². The molecule has 0 spiro atoms. The van der Waals surface area contributed by atoms with Gasteiger partial charge in [0.05, 0.1) is 34.6 Å². The number of aromatic nitrogens is 1. The summed E-state index contributed by atoms with van der Waals surface area (Å²) < 4.78 is 5.22. The zero-order valence-corrected chi connectivity index (χ0v) is 17.0. The summed E-state index contributed by atoms with van der Waals surface area (Å²) in [6.45, 7) is 0. The Morgan fingerprint density at radius 1 is 0.966 bits per heavy atom. The van der Waals surface area contributed by atoms with Crippen molar-refractivity contribution in [2.45, 2.75) is 0 Å². The Morgan fingerprint density at radius 3 is 2.45 bits per heavy atom. The van der Waals surface area contributed by atoms with Crippen molar-refractivity contribution in [3.8, 4) is 17.0 Å².